The highest BCUT2D eigenvalue weighted by atomic mass is 32.1. The average molecular weight is 375 g/mol. The smallest absolute Gasteiger partial charge is 0.258 e. The number of hydrogen-bond donors (Lipinski definition) is 2. The number of carbonyl (C=O) groups is 1. The van der Waals surface area contributed by atoms with Gasteiger partial charge in [0.05, 0.1) is 6.04 Å². The Morgan fingerprint density at radius 1 is 1.31 bits per heavy atom. The molecular formula is C20H26N2O3S. The minimum Gasteiger partial charge on any atom is -0.504 e. The number of phenolic OH excluding ortho intramolecular Hbond substituents is 1. The number of likely N-dealkylation sites (tertiary alicyclic amines) is 1. The fraction of sp³-hybridized carbons (Fsp3) is 0.450. The van der Waals surface area contributed by atoms with Crippen LogP contribution in [-0.2, 0) is 4.79 Å². The van der Waals surface area contributed by atoms with E-state index in [9.17, 15) is 9.90 Å². The summed E-state index contributed by atoms with van der Waals surface area (Å²) in [5, 5.41) is 14.8. The number of hydrogen-bond acceptors (Lipinski definition) is 5. The van der Waals surface area contributed by atoms with E-state index >= 15 is 0 Å². The van der Waals surface area contributed by atoms with Crippen LogP contribution in [-0.4, -0.2) is 42.2 Å². The van der Waals surface area contributed by atoms with E-state index in [-0.39, 0.29) is 24.3 Å². The van der Waals surface area contributed by atoms with E-state index < -0.39 is 0 Å². The standard InChI is InChI=1S/C20H26N2O3S/c1-15-8-10-22(11-9-15)16(19-7-4-12-26-19)13-21-20(24)14-25-18-6-3-2-5-17(18)23/h2-7,12,15-16,23H,8-11,13-14H2,1H3,(H,21,24). The summed E-state index contributed by atoms with van der Waals surface area (Å²) in [7, 11) is 0. The lowest BCUT2D eigenvalue weighted by Gasteiger charge is -2.36. The molecule has 0 aliphatic carbocycles. The van der Waals surface area contributed by atoms with Gasteiger partial charge in [0, 0.05) is 11.4 Å². The Morgan fingerprint density at radius 3 is 2.77 bits per heavy atom. The van der Waals surface area contributed by atoms with Crippen LogP contribution in [0.3, 0.4) is 0 Å². The van der Waals surface area contributed by atoms with Crippen LogP contribution in [0.2, 0.25) is 0 Å². The molecule has 6 heteroatoms. The first-order valence-electron chi connectivity index (χ1n) is 9.08. The Morgan fingerprint density at radius 2 is 2.08 bits per heavy atom. The van der Waals surface area contributed by atoms with Gasteiger partial charge in [0.25, 0.3) is 5.91 Å². The van der Waals surface area contributed by atoms with Gasteiger partial charge in [-0.05, 0) is 55.4 Å². The van der Waals surface area contributed by atoms with Crippen LogP contribution in [0.1, 0.15) is 30.7 Å². The predicted molar refractivity (Wildman–Crippen MR) is 104 cm³/mol. The highest BCUT2D eigenvalue weighted by molar-refractivity contribution is 7.10. The van der Waals surface area contributed by atoms with Gasteiger partial charge in [0.1, 0.15) is 0 Å². The quantitative estimate of drug-likeness (QED) is 0.780. The van der Waals surface area contributed by atoms with Crippen molar-refractivity contribution >= 4 is 17.2 Å². The second-order valence-electron chi connectivity index (χ2n) is 6.81. The summed E-state index contributed by atoms with van der Waals surface area (Å²) >= 11 is 1.73. The molecule has 2 aromatic rings. The molecule has 3 rings (SSSR count). The van der Waals surface area contributed by atoms with Crippen LogP contribution < -0.4 is 10.1 Å². The largest absolute Gasteiger partial charge is 0.504 e. The zero-order valence-electron chi connectivity index (χ0n) is 15.1. The number of aromatic hydroxyl groups is 1. The van der Waals surface area contributed by atoms with Crippen molar-refractivity contribution in [2.24, 2.45) is 5.92 Å². The van der Waals surface area contributed by atoms with E-state index in [4.69, 9.17) is 4.74 Å². The highest BCUT2D eigenvalue weighted by Crippen LogP contribution is 2.29. The molecule has 1 amide bonds. The number of rotatable bonds is 7. The summed E-state index contributed by atoms with van der Waals surface area (Å²) in [5.41, 5.74) is 0. The van der Waals surface area contributed by atoms with Crippen LogP contribution in [0.4, 0.5) is 0 Å². The Labute approximate surface area is 158 Å². The Bertz CT molecular complexity index is 697. The molecule has 1 saturated heterocycles. The van der Waals surface area contributed by atoms with Gasteiger partial charge >= 0.3 is 0 Å². The van der Waals surface area contributed by atoms with E-state index in [1.165, 1.54) is 23.8 Å². The number of carbonyl (C=O) groups excluding carboxylic acids is 1. The van der Waals surface area contributed by atoms with E-state index in [0.717, 1.165) is 19.0 Å². The van der Waals surface area contributed by atoms with Crippen LogP contribution >= 0.6 is 11.3 Å². The minimum absolute atomic E-state index is 0.0409. The summed E-state index contributed by atoms with van der Waals surface area (Å²) in [5.74, 6) is 0.957. The van der Waals surface area contributed by atoms with Crippen molar-refractivity contribution in [3.8, 4) is 11.5 Å². The molecule has 1 aromatic heterocycles. The van der Waals surface area contributed by atoms with Gasteiger partial charge in [-0.25, -0.2) is 0 Å². The Kier molecular flexibility index (Phi) is 6.52. The SMILES string of the molecule is CC1CCN(C(CNC(=O)COc2ccccc2O)c2cccs2)CC1. The summed E-state index contributed by atoms with van der Waals surface area (Å²) in [6.45, 7) is 4.89. The van der Waals surface area contributed by atoms with Crippen LogP contribution in [0.25, 0.3) is 0 Å². The van der Waals surface area contributed by atoms with E-state index in [0.29, 0.717) is 12.3 Å². The summed E-state index contributed by atoms with van der Waals surface area (Å²) in [6, 6.07) is 11.1. The zero-order chi connectivity index (χ0) is 18.4. The van der Waals surface area contributed by atoms with E-state index in [2.05, 4.69) is 34.7 Å². The van der Waals surface area contributed by atoms with Crippen molar-refractivity contribution < 1.29 is 14.6 Å². The van der Waals surface area contributed by atoms with Gasteiger partial charge in [-0.15, -0.1) is 11.3 Å². The maximum atomic E-state index is 12.2. The van der Waals surface area contributed by atoms with Crippen molar-refractivity contribution in [3.63, 3.8) is 0 Å². The van der Waals surface area contributed by atoms with Crippen molar-refractivity contribution in [1.29, 1.82) is 0 Å². The lowest BCUT2D eigenvalue weighted by molar-refractivity contribution is -0.123. The highest BCUT2D eigenvalue weighted by Gasteiger charge is 2.25. The summed E-state index contributed by atoms with van der Waals surface area (Å²) < 4.78 is 5.41. The number of thiophene rings is 1. The molecule has 1 aliphatic rings. The second-order valence-corrected chi connectivity index (χ2v) is 7.79. The molecule has 1 unspecified atom stereocenters. The fourth-order valence-corrected chi connectivity index (χ4v) is 4.08. The van der Waals surface area contributed by atoms with Crippen LogP contribution in [0.5, 0.6) is 11.5 Å². The first-order chi connectivity index (χ1) is 12.6. The number of benzene rings is 1. The molecule has 0 saturated carbocycles. The fourth-order valence-electron chi connectivity index (χ4n) is 3.21. The molecular weight excluding hydrogens is 348 g/mol. The summed E-state index contributed by atoms with van der Waals surface area (Å²) in [6.07, 6.45) is 2.40. The van der Waals surface area contributed by atoms with Gasteiger partial charge in [-0.1, -0.05) is 25.1 Å². The van der Waals surface area contributed by atoms with Gasteiger partial charge in [-0.3, -0.25) is 9.69 Å². The third kappa shape index (κ3) is 4.99. The van der Waals surface area contributed by atoms with Crippen molar-refractivity contribution in [2.45, 2.75) is 25.8 Å². The number of amides is 1. The lowest BCUT2D eigenvalue weighted by Crippen LogP contribution is -2.42. The topological polar surface area (TPSA) is 61.8 Å². The first kappa shape index (κ1) is 18.7. The van der Waals surface area contributed by atoms with Crippen LogP contribution in [0, 0.1) is 5.92 Å². The zero-order valence-corrected chi connectivity index (χ0v) is 15.9. The maximum absolute atomic E-state index is 12.2. The molecule has 1 aromatic carbocycles. The molecule has 26 heavy (non-hydrogen) atoms. The van der Waals surface area contributed by atoms with Gasteiger partial charge in [-0.2, -0.15) is 0 Å². The third-order valence-corrected chi connectivity index (χ3v) is 5.82. The lowest BCUT2D eigenvalue weighted by atomic mass is 9.97. The molecule has 1 atom stereocenters. The molecule has 1 aliphatic heterocycles. The summed E-state index contributed by atoms with van der Waals surface area (Å²) in [4.78, 5) is 16.0. The number of para-hydroxylation sites is 2. The van der Waals surface area contributed by atoms with Crippen molar-refractivity contribution in [3.05, 3.63) is 46.7 Å². The van der Waals surface area contributed by atoms with E-state index in [1.807, 2.05) is 0 Å². The average Bonchev–Trinajstić information content (AvgIpc) is 3.17. The van der Waals surface area contributed by atoms with E-state index in [1.54, 1.807) is 29.5 Å². The molecule has 0 spiro atoms. The second kappa shape index (κ2) is 9.05. The van der Waals surface area contributed by atoms with Gasteiger partial charge < -0.3 is 15.2 Å². The maximum Gasteiger partial charge on any atom is 0.258 e. The normalized spacial score (nSPS) is 17.0. The molecule has 2 N–H and O–H groups in total. The monoisotopic (exact) mass is 374 g/mol. The number of phenols is 1. The van der Waals surface area contributed by atoms with Gasteiger partial charge in [0.15, 0.2) is 18.1 Å². The molecule has 0 bridgehead atoms. The number of nitrogens with zero attached hydrogens (tertiary/aromatic N) is 1. The Hall–Kier alpha value is -2.05. The predicted octanol–water partition coefficient (Wildman–Crippen LogP) is 3.42. The molecule has 140 valence electrons. The first-order valence-corrected chi connectivity index (χ1v) is 9.96. The number of piperidine rings is 1. The Balaban J connectivity index is 1.54. The molecule has 5 nitrogen and oxygen atoms in total. The molecule has 1 fully saturated rings. The van der Waals surface area contributed by atoms with Crippen molar-refractivity contribution in [2.75, 3.05) is 26.2 Å². The van der Waals surface area contributed by atoms with Crippen LogP contribution in [0.15, 0.2) is 41.8 Å². The number of nitrogens with one attached hydrogen (secondary N) is 1. The minimum atomic E-state index is -0.180. The van der Waals surface area contributed by atoms with Gasteiger partial charge in [0.2, 0.25) is 0 Å². The number of ether oxygens (including phenoxy) is 1. The third-order valence-electron chi connectivity index (χ3n) is 4.85. The van der Waals surface area contributed by atoms with Crippen molar-refractivity contribution in [1.82, 2.24) is 10.2 Å². The molecule has 2 heterocycles. The molecule has 0 radical (unpaired) electrons.